The van der Waals surface area contributed by atoms with Gasteiger partial charge in [0, 0.05) is 13.1 Å². The van der Waals surface area contributed by atoms with Crippen LogP contribution >= 0.6 is 23.2 Å². The highest BCUT2D eigenvalue weighted by atomic mass is 35.5. The lowest BCUT2D eigenvalue weighted by molar-refractivity contribution is 0.0954. The van der Waals surface area contributed by atoms with E-state index in [1.165, 1.54) is 12.1 Å². The molecule has 2 aromatic rings. The normalized spacial score (nSPS) is 11.6. The van der Waals surface area contributed by atoms with Crippen LogP contribution in [-0.2, 0) is 16.4 Å². The lowest BCUT2D eigenvalue weighted by Crippen LogP contribution is -2.29. The molecule has 2 N–H and O–H groups in total. The van der Waals surface area contributed by atoms with E-state index < -0.39 is 15.9 Å². The molecule has 0 aliphatic carbocycles. The van der Waals surface area contributed by atoms with Crippen molar-refractivity contribution in [2.45, 2.75) is 25.2 Å². The molecule has 1 amide bonds. The Morgan fingerprint density at radius 1 is 1.14 bits per heavy atom. The van der Waals surface area contributed by atoms with Crippen LogP contribution in [0.4, 0.5) is 4.39 Å². The minimum absolute atomic E-state index is 0.0236. The van der Waals surface area contributed by atoms with Gasteiger partial charge in [-0.3, -0.25) is 4.79 Å². The Hall–Kier alpha value is -1.67. The van der Waals surface area contributed by atoms with Gasteiger partial charge in [-0.25, -0.2) is 17.5 Å². The average Bonchev–Trinajstić information content (AvgIpc) is 2.61. The second-order valence-electron chi connectivity index (χ2n) is 6.61. The fourth-order valence-corrected chi connectivity index (χ4v) is 4.44. The van der Waals surface area contributed by atoms with Crippen LogP contribution in [0.5, 0.6) is 0 Å². The molecule has 0 aliphatic rings. The van der Waals surface area contributed by atoms with Crippen LogP contribution in [0.25, 0.3) is 0 Å². The SMILES string of the molecule is CC(C)CNS(=O)(=O)c1cc(C(=O)NCCc2ccccc2F)c(Cl)cc1Cl. The van der Waals surface area contributed by atoms with Crippen molar-refractivity contribution >= 4 is 39.1 Å². The van der Waals surface area contributed by atoms with Gasteiger partial charge in [0.2, 0.25) is 10.0 Å². The van der Waals surface area contributed by atoms with Crippen molar-refractivity contribution in [1.29, 1.82) is 0 Å². The Balaban J connectivity index is 2.16. The lowest BCUT2D eigenvalue weighted by atomic mass is 10.1. The van der Waals surface area contributed by atoms with Crippen LogP contribution in [0.2, 0.25) is 10.0 Å². The molecule has 152 valence electrons. The largest absolute Gasteiger partial charge is 0.352 e. The Morgan fingerprint density at radius 3 is 2.46 bits per heavy atom. The summed E-state index contributed by atoms with van der Waals surface area (Å²) in [6.07, 6.45) is 0.282. The summed E-state index contributed by atoms with van der Waals surface area (Å²) in [7, 11) is -3.90. The molecule has 9 heteroatoms. The first-order valence-corrected chi connectivity index (χ1v) is 10.9. The fraction of sp³-hybridized carbons (Fsp3) is 0.316. The van der Waals surface area contributed by atoms with Crippen LogP contribution in [0.1, 0.15) is 29.8 Å². The molecule has 0 atom stereocenters. The monoisotopic (exact) mass is 446 g/mol. The molecule has 0 spiro atoms. The van der Waals surface area contributed by atoms with Gasteiger partial charge in [0.05, 0.1) is 15.6 Å². The van der Waals surface area contributed by atoms with Gasteiger partial charge in [0.15, 0.2) is 0 Å². The van der Waals surface area contributed by atoms with Gasteiger partial charge in [0.1, 0.15) is 10.7 Å². The summed E-state index contributed by atoms with van der Waals surface area (Å²) < 4.78 is 41.0. The standard InChI is InChI=1S/C19H21Cl2FN2O3S/c1-12(2)11-24-28(26,27)18-9-14(15(20)10-16(18)21)19(25)23-8-7-13-5-3-4-6-17(13)22/h3-6,9-10,12,24H,7-8,11H2,1-2H3,(H,23,25). The number of carbonyl (C=O) groups is 1. The Bertz CT molecular complexity index is 966. The first-order valence-electron chi connectivity index (χ1n) is 8.62. The van der Waals surface area contributed by atoms with Crippen LogP contribution in [0.15, 0.2) is 41.3 Å². The minimum Gasteiger partial charge on any atom is -0.352 e. The van der Waals surface area contributed by atoms with Crippen molar-refractivity contribution in [3.05, 3.63) is 63.4 Å². The topological polar surface area (TPSA) is 75.3 Å². The van der Waals surface area contributed by atoms with Crippen molar-refractivity contribution in [3.63, 3.8) is 0 Å². The molecule has 0 saturated carbocycles. The van der Waals surface area contributed by atoms with E-state index in [2.05, 4.69) is 10.0 Å². The molecular formula is C19H21Cl2FN2O3S. The molecule has 0 heterocycles. The zero-order valence-electron chi connectivity index (χ0n) is 15.4. The average molecular weight is 447 g/mol. The van der Waals surface area contributed by atoms with Crippen LogP contribution in [0, 0.1) is 11.7 Å². The first-order chi connectivity index (χ1) is 13.1. The third-order valence-electron chi connectivity index (χ3n) is 3.88. The molecule has 0 bridgehead atoms. The predicted molar refractivity (Wildman–Crippen MR) is 109 cm³/mol. The maximum absolute atomic E-state index is 13.6. The van der Waals surface area contributed by atoms with E-state index in [0.717, 1.165) is 6.07 Å². The van der Waals surface area contributed by atoms with Crippen molar-refractivity contribution in [2.75, 3.05) is 13.1 Å². The molecule has 2 aromatic carbocycles. The second kappa shape index (κ2) is 9.69. The molecule has 0 aromatic heterocycles. The lowest BCUT2D eigenvalue weighted by Gasteiger charge is -2.13. The van der Waals surface area contributed by atoms with Gasteiger partial charge >= 0.3 is 0 Å². The second-order valence-corrected chi connectivity index (χ2v) is 9.16. The summed E-state index contributed by atoms with van der Waals surface area (Å²) in [6.45, 7) is 4.11. The Labute approximate surface area is 174 Å². The summed E-state index contributed by atoms with van der Waals surface area (Å²) in [4.78, 5) is 12.2. The summed E-state index contributed by atoms with van der Waals surface area (Å²) in [6, 6.07) is 8.62. The van der Waals surface area contributed by atoms with Gasteiger partial charge in [-0.05, 0) is 36.1 Å². The highest BCUT2D eigenvalue weighted by Gasteiger charge is 2.22. The Kier molecular flexibility index (Phi) is 7.83. The molecule has 0 radical (unpaired) electrons. The summed E-state index contributed by atoms with van der Waals surface area (Å²) in [5.41, 5.74) is 0.440. The van der Waals surface area contributed by atoms with Crippen molar-refractivity contribution in [3.8, 4) is 0 Å². The number of sulfonamides is 1. The maximum Gasteiger partial charge on any atom is 0.252 e. The molecule has 2 rings (SSSR count). The van der Waals surface area contributed by atoms with Crippen molar-refractivity contribution in [1.82, 2.24) is 10.0 Å². The minimum atomic E-state index is -3.90. The van der Waals surface area contributed by atoms with Crippen LogP contribution < -0.4 is 10.0 Å². The molecule has 0 unspecified atom stereocenters. The maximum atomic E-state index is 13.6. The molecule has 5 nitrogen and oxygen atoms in total. The van der Waals surface area contributed by atoms with Crippen LogP contribution in [-0.4, -0.2) is 27.4 Å². The predicted octanol–water partition coefficient (Wildman–Crippen LogP) is 4.04. The van der Waals surface area contributed by atoms with Gasteiger partial charge in [0.25, 0.3) is 5.91 Å². The molecule has 0 saturated heterocycles. The van der Waals surface area contributed by atoms with Crippen molar-refractivity contribution in [2.24, 2.45) is 5.92 Å². The van der Waals surface area contributed by atoms with Gasteiger partial charge in [-0.15, -0.1) is 0 Å². The van der Waals surface area contributed by atoms with E-state index in [-0.39, 0.29) is 51.7 Å². The molecule has 28 heavy (non-hydrogen) atoms. The van der Waals surface area contributed by atoms with Gasteiger partial charge < -0.3 is 5.32 Å². The number of amides is 1. The molecular weight excluding hydrogens is 426 g/mol. The number of halogens is 3. The third-order valence-corrected chi connectivity index (χ3v) is 6.08. The molecule has 0 aliphatic heterocycles. The van der Waals surface area contributed by atoms with Crippen molar-refractivity contribution < 1.29 is 17.6 Å². The third kappa shape index (κ3) is 5.91. The van der Waals surface area contributed by atoms with E-state index in [1.807, 2.05) is 13.8 Å². The van der Waals surface area contributed by atoms with Gasteiger partial charge in [-0.1, -0.05) is 55.2 Å². The number of nitrogens with one attached hydrogen (secondary N) is 2. The zero-order chi connectivity index (χ0) is 20.9. The van der Waals surface area contributed by atoms with E-state index in [4.69, 9.17) is 23.2 Å². The zero-order valence-corrected chi connectivity index (χ0v) is 17.8. The first kappa shape index (κ1) is 22.6. The summed E-state index contributed by atoms with van der Waals surface area (Å²) in [5, 5.41) is 2.56. The quantitative estimate of drug-likeness (QED) is 0.642. The summed E-state index contributed by atoms with van der Waals surface area (Å²) in [5.74, 6) is -0.828. The van der Waals surface area contributed by atoms with E-state index in [9.17, 15) is 17.6 Å². The van der Waals surface area contributed by atoms with E-state index in [0.29, 0.717) is 5.56 Å². The number of hydrogen-bond donors (Lipinski definition) is 2. The number of hydrogen-bond acceptors (Lipinski definition) is 3. The highest BCUT2D eigenvalue weighted by Crippen LogP contribution is 2.28. The van der Waals surface area contributed by atoms with E-state index >= 15 is 0 Å². The summed E-state index contributed by atoms with van der Waals surface area (Å²) >= 11 is 12.1. The van der Waals surface area contributed by atoms with E-state index in [1.54, 1.807) is 18.2 Å². The number of benzene rings is 2. The number of carbonyl (C=O) groups excluding carboxylic acids is 1. The Morgan fingerprint density at radius 2 is 1.82 bits per heavy atom. The van der Waals surface area contributed by atoms with Gasteiger partial charge in [-0.2, -0.15) is 0 Å². The number of rotatable bonds is 8. The molecule has 0 fully saturated rings. The highest BCUT2D eigenvalue weighted by molar-refractivity contribution is 7.89. The smallest absolute Gasteiger partial charge is 0.252 e. The van der Waals surface area contributed by atoms with Crippen LogP contribution in [0.3, 0.4) is 0 Å². The fourth-order valence-electron chi connectivity index (χ4n) is 2.37.